The second-order valence-corrected chi connectivity index (χ2v) is 13.2. The molecule has 3 heterocycles. The van der Waals surface area contributed by atoms with Gasteiger partial charge in [-0.15, -0.1) is 0 Å². The second kappa shape index (κ2) is 12.4. The van der Waals surface area contributed by atoms with Crippen LogP contribution in [0.15, 0.2) is 188 Å². The number of hydrogen-bond donors (Lipinski definition) is 0. The van der Waals surface area contributed by atoms with Crippen molar-refractivity contribution in [1.82, 2.24) is 15.0 Å². The summed E-state index contributed by atoms with van der Waals surface area (Å²) < 4.78 is 0. The van der Waals surface area contributed by atoms with Crippen LogP contribution in [0.2, 0.25) is 0 Å². The van der Waals surface area contributed by atoms with Crippen LogP contribution in [0, 0.1) is 0 Å². The van der Waals surface area contributed by atoms with E-state index in [0.717, 1.165) is 71.9 Å². The van der Waals surface area contributed by atoms with Crippen molar-refractivity contribution in [2.24, 2.45) is 0 Å². The summed E-state index contributed by atoms with van der Waals surface area (Å²) in [4.78, 5) is 15.8. The van der Waals surface area contributed by atoms with Gasteiger partial charge >= 0.3 is 0 Å². The molecule has 0 radical (unpaired) electrons. The van der Waals surface area contributed by atoms with Crippen LogP contribution in [0.1, 0.15) is 0 Å². The Hall–Kier alpha value is -6.97. The number of pyridine rings is 3. The molecule has 0 atom stereocenters. The lowest BCUT2D eigenvalue weighted by Crippen LogP contribution is -1.94. The maximum atomic E-state index is 5.38. The maximum Gasteiger partial charge on any atom is 0.0972 e. The molecule has 3 aromatic heterocycles. The van der Waals surface area contributed by atoms with E-state index < -0.39 is 0 Å². The molecule has 3 nitrogen and oxygen atoms in total. The lowest BCUT2D eigenvalue weighted by molar-refractivity contribution is 1.36. The van der Waals surface area contributed by atoms with E-state index in [0.29, 0.717) is 0 Å². The van der Waals surface area contributed by atoms with Gasteiger partial charge in [0.1, 0.15) is 0 Å². The van der Waals surface area contributed by atoms with Crippen LogP contribution in [0.4, 0.5) is 0 Å². The van der Waals surface area contributed by atoms with Gasteiger partial charge < -0.3 is 0 Å². The number of hydrogen-bond acceptors (Lipinski definition) is 3. The van der Waals surface area contributed by atoms with E-state index in [1.165, 1.54) is 27.6 Å². The van der Waals surface area contributed by atoms with Crippen molar-refractivity contribution in [3.63, 3.8) is 0 Å². The molecular formula is C49H31N3. The van der Waals surface area contributed by atoms with Gasteiger partial charge in [-0.05, 0) is 52.6 Å². The lowest BCUT2D eigenvalue weighted by atomic mass is 9.91. The van der Waals surface area contributed by atoms with Gasteiger partial charge in [0.25, 0.3) is 0 Å². The quantitative estimate of drug-likeness (QED) is 0.172. The number of rotatable bonds is 5. The molecule has 10 rings (SSSR count). The van der Waals surface area contributed by atoms with Crippen molar-refractivity contribution in [1.29, 1.82) is 0 Å². The number of fused-ring (bicyclic) bond motifs is 6. The Morgan fingerprint density at radius 2 is 0.865 bits per heavy atom. The third-order valence-corrected chi connectivity index (χ3v) is 10.0. The van der Waals surface area contributed by atoms with Crippen LogP contribution < -0.4 is 0 Å². The fourth-order valence-corrected chi connectivity index (χ4v) is 7.47. The third kappa shape index (κ3) is 5.19. The largest absolute Gasteiger partial charge is 0.247 e. The molecule has 0 bridgehead atoms. The van der Waals surface area contributed by atoms with Gasteiger partial charge in [-0.2, -0.15) is 0 Å². The topological polar surface area (TPSA) is 38.7 Å². The Morgan fingerprint density at radius 1 is 0.308 bits per heavy atom. The molecule has 0 N–H and O–H groups in total. The highest BCUT2D eigenvalue weighted by molar-refractivity contribution is 6.18. The van der Waals surface area contributed by atoms with Gasteiger partial charge in [0.05, 0.1) is 33.6 Å². The molecule has 0 unspecified atom stereocenters. The molecule has 0 amide bonds. The van der Waals surface area contributed by atoms with Gasteiger partial charge in [0, 0.05) is 43.6 Å². The molecule has 0 spiro atoms. The molecule has 3 heteroatoms. The van der Waals surface area contributed by atoms with Crippen LogP contribution in [-0.2, 0) is 0 Å². The van der Waals surface area contributed by atoms with Crippen molar-refractivity contribution >= 4 is 43.5 Å². The average molecular weight is 662 g/mol. The summed E-state index contributed by atoms with van der Waals surface area (Å²) in [5.74, 6) is 0. The highest BCUT2D eigenvalue weighted by Gasteiger charge is 2.17. The van der Waals surface area contributed by atoms with Gasteiger partial charge in [-0.1, -0.05) is 158 Å². The molecule has 242 valence electrons. The minimum absolute atomic E-state index is 0.898. The predicted octanol–water partition coefficient (Wildman–Crippen LogP) is 12.8. The molecule has 0 aliphatic heterocycles. The van der Waals surface area contributed by atoms with E-state index in [1.54, 1.807) is 0 Å². The molecule has 52 heavy (non-hydrogen) atoms. The summed E-state index contributed by atoms with van der Waals surface area (Å²) >= 11 is 0. The number of nitrogens with zero attached hydrogens (tertiary/aromatic N) is 3. The first-order chi connectivity index (χ1) is 25.8. The summed E-state index contributed by atoms with van der Waals surface area (Å²) in [6.07, 6.45) is 0. The van der Waals surface area contributed by atoms with Gasteiger partial charge in [-0.25, -0.2) is 15.0 Å². The molecule has 7 aromatic carbocycles. The van der Waals surface area contributed by atoms with Gasteiger partial charge in [0.15, 0.2) is 0 Å². The van der Waals surface area contributed by atoms with E-state index in [-0.39, 0.29) is 0 Å². The summed E-state index contributed by atoms with van der Waals surface area (Å²) in [5.41, 5.74) is 13.5. The van der Waals surface area contributed by atoms with Crippen molar-refractivity contribution in [2.75, 3.05) is 0 Å². The van der Waals surface area contributed by atoms with Crippen LogP contribution in [0.5, 0.6) is 0 Å². The van der Waals surface area contributed by atoms with Crippen molar-refractivity contribution in [3.05, 3.63) is 188 Å². The van der Waals surface area contributed by atoms with E-state index in [1.807, 2.05) is 18.2 Å². The highest BCUT2D eigenvalue weighted by atomic mass is 14.8. The van der Waals surface area contributed by atoms with E-state index in [4.69, 9.17) is 15.0 Å². The van der Waals surface area contributed by atoms with Crippen molar-refractivity contribution < 1.29 is 0 Å². The Bertz CT molecular complexity index is 2940. The highest BCUT2D eigenvalue weighted by Crippen LogP contribution is 2.40. The van der Waals surface area contributed by atoms with E-state index in [2.05, 4.69) is 170 Å². The van der Waals surface area contributed by atoms with Crippen molar-refractivity contribution in [3.8, 4) is 56.0 Å². The number of benzene rings is 7. The van der Waals surface area contributed by atoms with Crippen LogP contribution in [-0.4, -0.2) is 15.0 Å². The molecule has 0 fully saturated rings. The second-order valence-electron chi connectivity index (χ2n) is 13.2. The maximum absolute atomic E-state index is 5.38. The fraction of sp³-hybridized carbons (Fsp3) is 0. The third-order valence-electron chi connectivity index (χ3n) is 10.0. The zero-order valence-corrected chi connectivity index (χ0v) is 28.2. The molecule has 0 aliphatic carbocycles. The van der Waals surface area contributed by atoms with Crippen LogP contribution in [0.3, 0.4) is 0 Å². The Balaban J connectivity index is 1.19. The fourth-order valence-electron chi connectivity index (χ4n) is 7.47. The Kier molecular flexibility index (Phi) is 7.14. The standard InChI is InChI=1S/C49H31N3/c1-4-12-32(13-5-1)37-18-10-19-39(30-37)47-41-21-11-20-40(33-14-6-2-7-15-33)46(41)42-31-38(26-29-45(42)52-47)44-28-25-36-23-22-35-24-27-43(34-16-8-3-9-17-34)50-48(35)49(36)51-44/h1-31H. The molecule has 10 aromatic rings. The summed E-state index contributed by atoms with van der Waals surface area (Å²) in [5, 5.41) is 5.53. The predicted molar refractivity (Wildman–Crippen MR) is 217 cm³/mol. The van der Waals surface area contributed by atoms with Gasteiger partial charge in [0.2, 0.25) is 0 Å². The van der Waals surface area contributed by atoms with Crippen LogP contribution >= 0.6 is 0 Å². The first-order valence-electron chi connectivity index (χ1n) is 17.6. The Labute approximate surface area is 301 Å². The monoisotopic (exact) mass is 661 g/mol. The minimum atomic E-state index is 0.898. The summed E-state index contributed by atoms with van der Waals surface area (Å²) in [7, 11) is 0. The lowest BCUT2D eigenvalue weighted by Gasteiger charge is -2.16. The molecule has 0 saturated carbocycles. The smallest absolute Gasteiger partial charge is 0.0972 e. The molecule has 0 saturated heterocycles. The first-order valence-corrected chi connectivity index (χ1v) is 17.6. The minimum Gasteiger partial charge on any atom is -0.247 e. The summed E-state index contributed by atoms with van der Waals surface area (Å²) in [6.45, 7) is 0. The molecular weight excluding hydrogens is 631 g/mol. The average Bonchev–Trinajstić information content (AvgIpc) is 3.23. The van der Waals surface area contributed by atoms with Crippen LogP contribution in [0.25, 0.3) is 99.5 Å². The van der Waals surface area contributed by atoms with E-state index >= 15 is 0 Å². The summed E-state index contributed by atoms with van der Waals surface area (Å²) in [6, 6.07) is 66.2. The first kappa shape index (κ1) is 29.9. The zero-order valence-electron chi connectivity index (χ0n) is 28.2. The normalized spacial score (nSPS) is 11.5. The van der Waals surface area contributed by atoms with Gasteiger partial charge in [-0.3, -0.25) is 0 Å². The van der Waals surface area contributed by atoms with Crippen molar-refractivity contribution in [2.45, 2.75) is 0 Å². The Morgan fingerprint density at radius 3 is 1.56 bits per heavy atom. The zero-order chi connectivity index (χ0) is 34.4. The number of aromatic nitrogens is 3. The molecule has 0 aliphatic rings. The SMILES string of the molecule is c1ccc(-c2cccc(-c3nc4ccc(-c5ccc6ccc7ccc(-c8ccccc8)nc7c6n5)cc4c4c(-c5ccccc5)cccc34)c2)cc1. The van der Waals surface area contributed by atoms with E-state index in [9.17, 15) is 0 Å².